The zero-order valence-electron chi connectivity index (χ0n) is 21.5. The average molecular weight is 483 g/mol. The second-order valence-electron chi connectivity index (χ2n) is 10.1. The largest absolute Gasteiger partial charge is 0.289 e. The summed E-state index contributed by atoms with van der Waals surface area (Å²) in [5, 5.41) is 1.85. The fraction of sp³-hybridized carbons (Fsp3) is 0.281. The fourth-order valence-corrected chi connectivity index (χ4v) is 6.54. The zero-order chi connectivity index (χ0) is 25.3. The van der Waals surface area contributed by atoms with Gasteiger partial charge in [0.05, 0.1) is 20.6 Å². The predicted molar refractivity (Wildman–Crippen MR) is 147 cm³/mol. The first kappa shape index (κ1) is 25.1. The molecular formula is C32H34O2S. The van der Waals surface area contributed by atoms with Gasteiger partial charge in [0.2, 0.25) is 0 Å². The average Bonchev–Trinajstić information content (AvgIpc) is 2.86. The Morgan fingerprint density at radius 3 is 1.80 bits per heavy atom. The number of hydrogen-bond acceptors (Lipinski definition) is 2. The van der Waals surface area contributed by atoms with Crippen LogP contribution in [0.2, 0.25) is 0 Å². The Hall–Kier alpha value is -3.04. The molecule has 0 aliphatic rings. The van der Waals surface area contributed by atoms with Crippen molar-refractivity contribution in [3.8, 4) is 0 Å². The molecule has 4 rings (SSSR count). The Kier molecular flexibility index (Phi) is 7.37. The maximum Gasteiger partial charge on any atom is 0.194 e. The van der Waals surface area contributed by atoms with Gasteiger partial charge in [0.15, 0.2) is 5.78 Å². The van der Waals surface area contributed by atoms with Gasteiger partial charge >= 0.3 is 0 Å². The van der Waals surface area contributed by atoms with E-state index < -0.39 is 10.8 Å². The Morgan fingerprint density at radius 2 is 1.23 bits per heavy atom. The first-order chi connectivity index (χ1) is 16.7. The minimum absolute atomic E-state index is 0.101. The molecule has 0 fully saturated rings. The van der Waals surface area contributed by atoms with Crippen molar-refractivity contribution in [2.24, 2.45) is 0 Å². The lowest BCUT2D eigenvalue weighted by molar-refractivity contribution is 0.103. The number of ketones is 1. The molecule has 0 bridgehead atoms. The smallest absolute Gasteiger partial charge is 0.194 e. The van der Waals surface area contributed by atoms with Gasteiger partial charge in [-0.05, 0) is 51.3 Å². The van der Waals surface area contributed by atoms with E-state index in [4.69, 9.17) is 0 Å². The van der Waals surface area contributed by atoms with E-state index in [1.54, 1.807) is 0 Å². The Labute approximate surface area is 211 Å². The van der Waals surface area contributed by atoms with Gasteiger partial charge < -0.3 is 0 Å². The first-order valence-corrected chi connectivity index (χ1v) is 13.6. The Bertz CT molecular complexity index is 1370. The molecule has 0 radical (unpaired) electrons. The Balaban J connectivity index is 2.05. The minimum atomic E-state index is -1.53. The van der Waals surface area contributed by atoms with Crippen molar-refractivity contribution < 1.29 is 9.00 Å². The van der Waals surface area contributed by atoms with Crippen molar-refractivity contribution in [2.75, 3.05) is 0 Å². The number of fused-ring (bicyclic) bond motifs is 1. The number of carbonyl (C=O) groups excluding carboxylic acids is 1. The van der Waals surface area contributed by atoms with Crippen LogP contribution in [0.3, 0.4) is 0 Å². The van der Waals surface area contributed by atoms with E-state index in [-0.39, 0.29) is 17.6 Å². The van der Waals surface area contributed by atoms with E-state index >= 15 is 0 Å². The van der Waals surface area contributed by atoms with Crippen LogP contribution in [0.5, 0.6) is 0 Å². The molecule has 0 saturated heterocycles. The molecule has 0 aliphatic heterocycles. The molecule has 0 saturated carbocycles. The quantitative estimate of drug-likeness (QED) is 0.247. The zero-order valence-corrected chi connectivity index (χ0v) is 22.3. The molecule has 1 atom stereocenters. The van der Waals surface area contributed by atoms with Gasteiger partial charge in [-0.3, -0.25) is 4.79 Å². The van der Waals surface area contributed by atoms with Crippen LogP contribution >= 0.6 is 0 Å². The molecule has 180 valence electrons. The van der Waals surface area contributed by atoms with Crippen LogP contribution in [0.4, 0.5) is 0 Å². The molecule has 35 heavy (non-hydrogen) atoms. The molecule has 4 aromatic carbocycles. The maximum absolute atomic E-state index is 14.7. The summed E-state index contributed by atoms with van der Waals surface area (Å²) in [5.41, 5.74) is 4.57. The van der Waals surface area contributed by atoms with Gasteiger partial charge in [0.1, 0.15) is 0 Å². The van der Waals surface area contributed by atoms with Crippen molar-refractivity contribution in [3.05, 3.63) is 107 Å². The van der Waals surface area contributed by atoms with Crippen molar-refractivity contribution >= 4 is 27.4 Å². The van der Waals surface area contributed by atoms with E-state index in [0.717, 1.165) is 26.8 Å². The molecule has 4 aromatic rings. The van der Waals surface area contributed by atoms with Crippen molar-refractivity contribution in [3.63, 3.8) is 0 Å². The van der Waals surface area contributed by atoms with Crippen molar-refractivity contribution in [1.29, 1.82) is 0 Å². The predicted octanol–water partition coefficient (Wildman–Crippen LogP) is 8.61. The summed E-state index contributed by atoms with van der Waals surface area (Å²) < 4.78 is 14.7. The summed E-state index contributed by atoms with van der Waals surface area (Å²) in [6.07, 6.45) is 0. The highest BCUT2D eigenvalue weighted by Gasteiger charge is 2.27. The highest BCUT2D eigenvalue weighted by molar-refractivity contribution is 7.85. The number of hydrogen-bond donors (Lipinski definition) is 0. The van der Waals surface area contributed by atoms with Gasteiger partial charge in [0, 0.05) is 11.1 Å². The summed E-state index contributed by atoms with van der Waals surface area (Å²) >= 11 is 0. The van der Waals surface area contributed by atoms with Gasteiger partial charge in [-0.1, -0.05) is 114 Å². The van der Waals surface area contributed by atoms with Crippen LogP contribution in [0, 0.1) is 0 Å². The SMILES string of the molecule is CC(C)c1cc(C(C)C)c(S(=O)c2c(C(=O)c3ccccc3)ccc3ccccc23)c(C(C)C)c1. The third-order valence-electron chi connectivity index (χ3n) is 6.61. The lowest BCUT2D eigenvalue weighted by Gasteiger charge is -2.23. The molecule has 2 nitrogen and oxygen atoms in total. The first-order valence-electron chi connectivity index (χ1n) is 12.4. The van der Waals surface area contributed by atoms with Gasteiger partial charge in [-0.2, -0.15) is 0 Å². The third kappa shape index (κ3) is 4.88. The van der Waals surface area contributed by atoms with E-state index in [1.807, 2.05) is 66.7 Å². The van der Waals surface area contributed by atoms with Crippen molar-refractivity contribution in [2.45, 2.75) is 69.1 Å². The molecule has 0 spiro atoms. The van der Waals surface area contributed by atoms with E-state index in [2.05, 4.69) is 53.7 Å². The standard InChI is InChI=1S/C32H34O2S/c1-20(2)25-18-28(21(3)4)32(29(19-25)22(5)6)35(34)31-26-15-11-10-12-23(26)16-17-27(31)30(33)24-13-8-7-9-14-24/h7-22H,1-6H3. The summed E-state index contributed by atoms with van der Waals surface area (Å²) in [5.74, 6) is 0.678. The molecule has 0 N–H and O–H groups in total. The van der Waals surface area contributed by atoms with E-state index in [9.17, 15) is 9.00 Å². The number of benzene rings is 4. The lowest BCUT2D eigenvalue weighted by Crippen LogP contribution is -2.12. The summed E-state index contributed by atoms with van der Waals surface area (Å²) in [7, 11) is -1.53. The Morgan fingerprint density at radius 1 is 0.657 bits per heavy atom. The molecule has 0 amide bonds. The van der Waals surface area contributed by atoms with E-state index in [1.165, 1.54) is 5.56 Å². The van der Waals surface area contributed by atoms with Crippen LogP contribution < -0.4 is 0 Å². The lowest BCUT2D eigenvalue weighted by atomic mass is 9.89. The fourth-order valence-electron chi connectivity index (χ4n) is 4.57. The van der Waals surface area contributed by atoms with E-state index in [0.29, 0.717) is 21.9 Å². The summed E-state index contributed by atoms with van der Waals surface area (Å²) in [6, 6.07) is 25.4. The summed E-state index contributed by atoms with van der Waals surface area (Å²) in [6.45, 7) is 13.0. The van der Waals surface area contributed by atoms with Crippen LogP contribution in [-0.2, 0) is 10.8 Å². The molecular weight excluding hydrogens is 448 g/mol. The van der Waals surface area contributed by atoms with Gasteiger partial charge in [0.25, 0.3) is 0 Å². The van der Waals surface area contributed by atoms with Crippen LogP contribution in [-0.4, -0.2) is 9.99 Å². The molecule has 1 unspecified atom stereocenters. The van der Waals surface area contributed by atoms with Gasteiger partial charge in [-0.15, -0.1) is 0 Å². The van der Waals surface area contributed by atoms with Crippen LogP contribution in [0.1, 0.15) is 91.9 Å². The number of rotatable bonds is 7. The molecule has 0 aromatic heterocycles. The second kappa shape index (κ2) is 10.3. The van der Waals surface area contributed by atoms with Crippen LogP contribution in [0.15, 0.2) is 88.7 Å². The highest BCUT2D eigenvalue weighted by atomic mass is 32.2. The topological polar surface area (TPSA) is 34.1 Å². The summed E-state index contributed by atoms with van der Waals surface area (Å²) in [4.78, 5) is 15.2. The monoisotopic (exact) mass is 482 g/mol. The number of carbonyl (C=O) groups is 1. The second-order valence-corrected chi connectivity index (χ2v) is 11.5. The van der Waals surface area contributed by atoms with Crippen molar-refractivity contribution in [1.82, 2.24) is 0 Å². The highest BCUT2D eigenvalue weighted by Crippen LogP contribution is 2.39. The maximum atomic E-state index is 14.7. The van der Waals surface area contributed by atoms with Gasteiger partial charge in [-0.25, -0.2) is 4.21 Å². The third-order valence-corrected chi connectivity index (χ3v) is 8.26. The normalized spacial score (nSPS) is 12.6. The van der Waals surface area contributed by atoms with Crippen LogP contribution in [0.25, 0.3) is 10.8 Å². The molecule has 3 heteroatoms. The molecule has 0 heterocycles. The minimum Gasteiger partial charge on any atom is -0.289 e. The molecule has 0 aliphatic carbocycles.